The minimum Gasteiger partial charge on any atom is -0.348 e. The minimum atomic E-state index is -0.0721. The van der Waals surface area contributed by atoms with E-state index in [1.165, 1.54) is 6.42 Å². The lowest BCUT2D eigenvalue weighted by Crippen LogP contribution is -2.44. The number of nitrogens with one attached hydrogen (secondary N) is 2. The quantitative estimate of drug-likeness (QED) is 0.798. The lowest BCUT2D eigenvalue weighted by Gasteiger charge is -2.33. The third-order valence-corrected chi connectivity index (χ3v) is 5.51. The fourth-order valence-electron chi connectivity index (χ4n) is 3.97. The number of piperidine rings is 1. The van der Waals surface area contributed by atoms with Crippen molar-refractivity contribution in [3.63, 3.8) is 0 Å². The summed E-state index contributed by atoms with van der Waals surface area (Å²) < 4.78 is 1.94. The van der Waals surface area contributed by atoms with Crippen LogP contribution in [0.25, 0.3) is 0 Å². The van der Waals surface area contributed by atoms with Gasteiger partial charge in [-0.15, -0.1) is 29.9 Å². The van der Waals surface area contributed by atoms with Gasteiger partial charge in [0.2, 0.25) is 0 Å². The first-order valence-electron chi connectivity index (χ1n) is 9.16. The van der Waals surface area contributed by atoms with Gasteiger partial charge in [-0.25, -0.2) is 4.68 Å². The first-order chi connectivity index (χ1) is 11.6. The fraction of sp³-hybridized carbons (Fsp3) is 0.824. The Labute approximate surface area is 168 Å². The summed E-state index contributed by atoms with van der Waals surface area (Å²) in [7, 11) is 4.23. The Morgan fingerprint density at radius 3 is 2.54 bits per heavy atom. The molecule has 2 fully saturated rings. The zero-order valence-electron chi connectivity index (χ0n) is 15.9. The molecule has 1 aromatic rings. The number of rotatable bonds is 4. The third-order valence-electron chi connectivity index (χ3n) is 5.51. The van der Waals surface area contributed by atoms with Gasteiger partial charge >= 0.3 is 0 Å². The average molecular weight is 407 g/mol. The van der Waals surface area contributed by atoms with Gasteiger partial charge in [0.15, 0.2) is 5.69 Å². The maximum Gasteiger partial charge on any atom is 0.273 e. The Hall–Kier alpha value is -0.890. The van der Waals surface area contributed by atoms with Gasteiger partial charge in [0, 0.05) is 12.1 Å². The van der Waals surface area contributed by atoms with Crippen molar-refractivity contribution in [2.24, 2.45) is 0 Å². The van der Waals surface area contributed by atoms with E-state index in [2.05, 4.69) is 39.9 Å². The van der Waals surface area contributed by atoms with E-state index in [1.54, 1.807) is 0 Å². The Morgan fingerprint density at radius 1 is 1.19 bits per heavy atom. The highest BCUT2D eigenvalue weighted by Gasteiger charge is 2.27. The highest BCUT2D eigenvalue weighted by Crippen LogP contribution is 2.23. The summed E-state index contributed by atoms with van der Waals surface area (Å²) in [4.78, 5) is 14.9. The Kier molecular flexibility index (Phi) is 9.30. The zero-order chi connectivity index (χ0) is 17.1. The molecule has 1 saturated carbocycles. The molecule has 2 unspecified atom stereocenters. The molecule has 0 radical (unpaired) electrons. The molecule has 3 rings (SSSR count). The fourth-order valence-corrected chi connectivity index (χ4v) is 3.97. The predicted molar refractivity (Wildman–Crippen MR) is 108 cm³/mol. The van der Waals surface area contributed by atoms with Crippen LogP contribution >= 0.6 is 24.8 Å². The number of hydrogen-bond donors (Lipinski definition) is 2. The van der Waals surface area contributed by atoms with Crippen molar-refractivity contribution in [1.82, 2.24) is 30.5 Å². The van der Waals surface area contributed by atoms with Crippen molar-refractivity contribution < 1.29 is 4.79 Å². The van der Waals surface area contributed by atoms with Crippen LogP contribution in [0.1, 0.15) is 60.7 Å². The standard InChI is InChI=1S/C17H30N6O.2ClH/c1-12-16(20-21-23(12)14-7-9-18-10-8-14)17(24)19-13-5-4-6-15(11-13)22(2)3;;/h13-15,18H,4-11H2,1-3H3,(H,19,24);2*1H. The average Bonchev–Trinajstić information content (AvgIpc) is 2.97. The van der Waals surface area contributed by atoms with Crippen molar-refractivity contribution in [2.75, 3.05) is 27.2 Å². The molecule has 150 valence electrons. The molecule has 1 saturated heterocycles. The van der Waals surface area contributed by atoms with Crippen molar-refractivity contribution in [1.29, 1.82) is 0 Å². The molecule has 0 spiro atoms. The molecule has 7 nitrogen and oxygen atoms in total. The van der Waals surface area contributed by atoms with Crippen molar-refractivity contribution in [3.05, 3.63) is 11.4 Å². The number of hydrogen-bond acceptors (Lipinski definition) is 5. The summed E-state index contributed by atoms with van der Waals surface area (Å²) >= 11 is 0. The summed E-state index contributed by atoms with van der Waals surface area (Å²) in [6, 6.07) is 1.14. The first-order valence-corrected chi connectivity index (χ1v) is 9.16. The third kappa shape index (κ3) is 5.31. The number of halogens is 2. The Bertz CT molecular complexity index is 574. The van der Waals surface area contributed by atoms with Gasteiger partial charge in [0.1, 0.15) is 0 Å². The van der Waals surface area contributed by atoms with E-state index in [0.29, 0.717) is 17.8 Å². The van der Waals surface area contributed by atoms with Gasteiger partial charge in [0.25, 0.3) is 5.91 Å². The van der Waals surface area contributed by atoms with Crippen LogP contribution < -0.4 is 10.6 Å². The molecule has 26 heavy (non-hydrogen) atoms. The van der Waals surface area contributed by atoms with Crippen LogP contribution in [-0.2, 0) is 0 Å². The summed E-state index contributed by atoms with van der Waals surface area (Å²) in [5.41, 5.74) is 1.37. The van der Waals surface area contributed by atoms with Crippen LogP contribution in [0.2, 0.25) is 0 Å². The molecule has 1 aromatic heterocycles. The zero-order valence-corrected chi connectivity index (χ0v) is 17.5. The van der Waals surface area contributed by atoms with E-state index in [-0.39, 0.29) is 36.8 Å². The van der Waals surface area contributed by atoms with Gasteiger partial charge in [-0.3, -0.25) is 4.79 Å². The van der Waals surface area contributed by atoms with Crippen LogP contribution in [0.3, 0.4) is 0 Å². The maximum atomic E-state index is 12.7. The molecular weight excluding hydrogens is 375 g/mol. The van der Waals surface area contributed by atoms with E-state index in [0.717, 1.165) is 50.9 Å². The monoisotopic (exact) mass is 406 g/mol. The normalized spacial score (nSPS) is 23.8. The van der Waals surface area contributed by atoms with Gasteiger partial charge in [-0.05, 0) is 72.6 Å². The number of aromatic nitrogens is 3. The Balaban J connectivity index is 0.00000169. The number of amides is 1. The molecule has 2 atom stereocenters. The summed E-state index contributed by atoms with van der Waals surface area (Å²) in [5.74, 6) is -0.0721. The summed E-state index contributed by atoms with van der Waals surface area (Å²) in [5, 5.41) is 15.0. The molecule has 9 heteroatoms. The van der Waals surface area contributed by atoms with E-state index in [1.807, 2.05) is 11.6 Å². The van der Waals surface area contributed by atoms with E-state index in [4.69, 9.17) is 0 Å². The summed E-state index contributed by atoms with van der Waals surface area (Å²) in [6.45, 7) is 3.96. The van der Waals surface area contributed by atoms with Crippen molar-refractivity contribution >= 4 is 30.7 Å². The van der Waals surface area contributed by atoms with E-state index < -0.39 is 0 Å². The summed E-state index contributed by atoms with van der Waals surface area (Å²) in [6.07, 6.45) is 6.52. The van der Waals surface area contributed by atoms with Crippen molar-refractivity contribution in [2.45, 2.75) is 63.6 Å². The highest BCUT2D eigenvalue weighted by molar-refractivity contribution is 5.93. The van der Waals surface area contributed by atoms with Gasteiger partial charge < -0.3 is 15.5 Å². The molecular formula is C17H32Cl2N6O. The van der Waals surface area contributed by atoms with Crippen LogP contribution in [0.5, 0.6) is 0 Å². The van der Waals surface area contributed by atoms with Crippen LogP contribution in [0.4, 0.5) is 0 Å². The SMILES string of the molecule is Cc1c(C(=O)NC2CCCC(N(C)C)C2)nnn1C1CCNCC1.Cl.Cl. The van der Waals surface area contributed by atoms with Gasteiger partial charge in [-0.2, -0.15) is 0 Å². The molecule has 0 aromatic carbocycles. The number of carbonyl (C=O) groups excluding carboxylic acids is 1. The smallest absolute Gasteiger partial charge is 0.273 e. The Morgan fingerprint density at radius 2 is 1.88 bits per heavy atom. The van der Waals surface area contributed by atoms with Crippen LogP contribution in [-0.4, -0.2) is 65.1 Å². The second-order valence-corrected chi connectivity index (χ2v) is 7.40. The van der Waals surface area contributed by atoms with Crippen LogP contribution in [0, 0.1) is 6.92 Å². The van der Waals surface area contributed by atoms with Crippen LogP contribution in [0.15, 0.2) is 0 Å². The lowest BCUT2D eigenvalue weighted by atomic mass is 9.90. The predicted octanol–water partition coefficient (Wildman–Crippen LogP) is 1.96. The first kappa shape index (κ1) is 23.1. The molecule has 2 N–H and O–H groups in total. The highest BCUT2D eigenvalue weighted by atomic mass is 35.5. The molecule has 1 amide bonds. The topological polar surface area (TPSA) is 75.1 Å². The minimum absolute atomic E-state index is 0. The number of carbonyl (C=O) groups is 1. The molecule has 0 bridgehead atoms. The number of nitrogens with zero attached hydrogens (tertiary/aromatic N) is 4. The molecule has 2 aliphatic rings. The second kappa shape index (κ2) is 10.4. The molecule has 1 aliphatic heterocycles. The van der Waals surface area contributed by atoms with E-state index >= 15 is 0 Å². The van der Waals surface area contributed by atoms with Gasteiger partial charge in [0.05, 0.1) is 11.7 Å². The van der Waals surface area contributed by atoms with Crippen molar-refractivity contribution in [3.8, 4) is 0 Å². The molecule has 1 aliphatic carbocycles. The largest absolute Gasteiger partial charge is 0.348 e. The van der Waals surface area contributed by atoms with E-state index in [9.17, 15) is 4.79 Å². The second-order valence-electron chi connectivity index (χ2n) is 7.40. The van der Waals surface area contributed by atoms with Gasteiger partial charge in [-0.1, -0.05) is 5.21 Å². The molecule has 2 heterocycles. The lowest BCUT2D eigenvalue weighted by molar-refractivity contribution is 0.0905. The maximum absolute atomic E-state index is 12.7.